The zero-order valence-corrected chi connectivity index (χ0v) is 13.0. The number of hydrogen-bond donors (Lipinski definition) is 1. The van der Waals surface area contributed by atoms with Crippen LogP contribution in [-0.2, 0) is 0 Å². The summed E-state index contributed by atoms with van der Waals surface area (Å²) < 4.78 is 6.10. The molecule has 0 bridgehead atoms. The van der Waals surface area contributed by atoms with Crippen LogP contribution in [0.1, 0.15) is 44.9 Å². The summed E-state index contributed by atoms with van der Waals surface area (Å²) in [6.45, 7) is 0. The fraction of sp³-hybridized carbons (Fsp3) is 0.625. The molecule has 1 aromatic rings. The van der Waals surface area contributed by atoms with Crippen LogP contribution in [0.5, 0.6) is 5.75 Å². The number of benzene rings is 1. The number of rotatable bonds is 2. The van der Waals surface area contributed by atoms with Crippen molar-refractivity contribution in [1.82, 2.24) is 0 Å². The highest BCUT2D eigenvalue weighted by molar-refractivity contribution is 6.35. The van der Waals surface area contributed by atoms with E-state index in [4.69, 9.17) is 27.9 Å². The Hall–Kier alpha value is -0.440. The molecule has 2 saturated carbocycles. The molecule has 3 rings (SSSR count). The monoisotopic (exact) mass is 314 g/mol. The van der Waals surface area contributed by atoms with E-state index in [1.165, 1.54) is 25.7 Å². The Bertz CT molecular complexity index is 481. The van der Waals surface area contributed by atoms with E-state index >= 15 is 0 Å². The molecule has 0 saturated heterocycles. The van der Waals surface area contributed by atoms with Gasteiger partial charge in [-0.2, -0.15) is 0 Å². The van der Waals surface area contributed by atoms with Crippen LogP contribution in [0.25, 0.3) is 0 Å². The van der Waals surface area contributed by atoms with Gasteiger partial charge in [-0.1, -0.05) is 48.9 Å². The molecule has 0 amide bonds. The van der Waals surface area contributed by atoms with Crippen molar-refractivity contribution in [3.8, 4) is 5.75 Å². The van der Waals surface area contributed by atoms with Gasteiger partial charge in [-0.15, -0.1) is 0 Å². The zero-order valence-electron chi connectivity index (χ0n) is 11.4. The van der Waals surface area contributed by atoms with Gasteiger partial charge in [0.25, 0.3) is 0 Å². The van der Waals surface area contributed by atoms with Gasteiger partial charge in [0, 0.05) is 16.9 Å². The van der Waals surface area contributed by atoms with E-state index in [0.717, 1.165) is 12.8 Å². The van der Waals surface area contributed by atoms with Gasteiger partial charge >= 0.3 is 0 Å². The minimum Gasteiger partial charge on any atom is -0.488 e. The minimum atomic E-state index is -0.225. The van der Waals surface area contributed by atoms with Crippen LogP contribution < -0.4 is 4.74 Å². The van der Waals surface area contributed by atoms with Crippen molar-refractivity contribution in [2.45, 2.75) is 57.2 Å². The Labute approximate surface area is 130 Å². The first-order valence-corrected chi connectivity index (χ1v) is 8.17. The van der Waals surface area contributed by atoms with E-state index in [0.29, 0.717) is 22.2 Å². The van der Waals surface area contributed by atoms with Crippen LogP contribution in [0.3, 0.4) is 0 Å². The molecule has 2 atom stereocenters. The maximum atomic E-state index is 10.3. The summed E-state index contributed by atoms with van der Waals surface area (Å²) in [7, 11) is 0. The molecule has 1 aromatic carbocycles. The van der Waals surface area contributed by atoms with E-state index in [1.807, 2.05) is 6.07 Å². The van der Waals surface area contributed by atoms with Gasteiger partial charge in [0.15, 0.2) is 0 Å². The van der Waals surface area contributed by atoms with Crippen LogP contribution in [0.2, 0.25) is 10.0 Å². The molecule has 20 heavy (non-hydrogen) atoms. The number of aliphatic hydroxyl groups is 1. The van der Waals surface area contributed by atoms with Crippen molar-refractivity contribution in [3.63, 3.8) is 0 Å². The Morgan fingerprint density at radius 3 is 2.40 bits per heavy atom. The van der Waals surface area contributed by atoms with Gasteiger partial charge in [0.1, 0.15) is 11.9 Å². The first kappa shape index (κ1) is 14.5. The van der Waals surface area contributed by atoms with Crippen LogP contribution in [-0.4, -0.2) is 17.3 Å². The number of aliphatic hydroxyl groups excluding tert-OH is 1. The fourth-order valence-electron chi connectivity index (χ4n) is 3.66. The van der Waals surface area contributed by atoms with E-state index < -0.39 is 0 Å². The lowest BCUT2D eigenvalue weighted by Crippen LogP contribution is -2.59. The maximum Gasteiger partial charge on any atom is 0.138 e. The second-order valence-electron chi connectivity index (χ2n) is 6.08. The predicted molar refractivity (Wildman–Crippen MR) is 81.6 cm³/mol. The van der Waals surface area contributed by atoms with Gasteiger partial charge in [-0.3, -0.25) is 0 Å². The topological polar surface area (TPSA) is 29.5 Å². The largest absolute Gasteiger partial charge is 0.488 e. The Morgan fingerprint density at radius 1 is 1.10 bits per heavy atom. The fourth-order valence-corrected chi connectivity index (χ4v) is 4.11. The van der Waals surface area contributed by atoms with E-state index in [-0.39, 0.29) is 17.6 Å². The molecule has 2 fully saturated rings. The average molecular weight is 315 g/mol. The van der Waals surface area contributed by atoms with E-state index in [9.17, 15) is 5.11 Å². The lowest BCUT2D eigenvalue weighted by Gasteiger charge is -2.53. The van der Waals surface area contributed by atoms with Crippen molar-refractivity contribution >= 4 is 23.2 Å². The van der Waals surface area contributed by atoms with Crippen molar-refractivity contribution < 1.29 is 9.84 Å². The van der Waals surface area contributed by atoms with Crippen molar-refractivity contribution in [3.05, 3.63) is 28.2 Å². The summed E-state index contributed by atoms with van der Waals surface area (Å²) in [4.78, 5) is 0. The predicted octanol–water partition coefficient (Wildman–Crippen LogP) is 4.85. The zero-order chi connectivity index (χ0) is 14.2. The third-order valence-electron chi connectivity index (χ3n) is 4.94. The summed E-state index contributed by atoms with van der Waals surface area (Å²) >= 11 is 12.1. The Balaban J connectivity index is 1.76. The summed E-state index contributed by atoms with van der Waals surface area (Å²) in [5.74, 6) is 0.677. The molecular weight excluding hydrogens is 295 g/mol. The molecule has 2 unspecified atom stereocenters. The van der Waals surface area contributed by atoms with Crippen molar-refractivity contribution in [2.24, 2.45) is 5.41 Å². The first-order chi connectivity index (χ1) is 9.62. The van der Waals surface area contributed by atoms with Gasteiger partial charge < -0.3 is 9.84 Å². The molecule has 2 aliphatic rings. The normalized spacial score (nSPS) is 28.8. The van der Waals surface area contributed by atoms with Crippen LogP contribution >= 0.6 is 23.2 Å². The molecule has 2 aliphatic carbocycles. The quantitative estimate of drug-likeness (QED) is 0.845. The Morgan fingerprint density at radius 2 is 1.80 bits per heavy atom. The molecule has 1 spiro atoms. The molecule has 0 heterocycles. The maximum absolute atomic E-state index is 10.3. The molecule has 1 N–H and O–H groups in total. The standard InChI is InChI=1S/C16H20Cl2O2/c17-11-5-6-13(12(18)9-11)20-15-10-14(19)16(15)7-3-1-2-4-8-16/h5-6,9,14-15,19H,1-4,7-8,10H2. The number of hydrogen-bond acceptors (Lipinski definition) is 2. The van der Waals surface area contributed by atoms with Crippen LogP contribution in [0, 0.1) is 5.41 Å². The summed E-state index contributed by atoms with van der Waals surface area (Å²) in [6.07, 6.45) is 7.58. The average Bonchev–Trinajstić information content (AvgIpc) is 2.69. The molecular formula is C16H20Cl2O2. The molecule has 110 valence electrons. The molecule has 0 aliphatic heterocycles. The molecule has 4 heteroatoms. The highest BCUT2D eigenvalue weighted by Gasteiger charge is 2.55. The summed E-state index contributed by atoms with van der Waals surface area (Å²) in [5.41, 5.74) is -0.0561. The van der Waals surface area contributed by atoms with E-state index in [1.54, 1.807) is 12.1 Å². The van der Waals surface area contributed by atoms with Gasteiger partial charge in [0.05, 0.1) is 11.1 Å². The van der Waals surface area contributed by atoms with Gasteiger partial charge in [0.2, 0.25) is 0 Å². The summed E-state index contributed by atoms with van der Waals surface area (Å²) in [6, 6.07) is 5.31. The minimum absolute atomic E-state index is 0.0561. The summed E-state index contributed by atoms with van der Waals surface area (Å²) in [5, 5.41) is 11.4. The third kappa shape index (κ3) is 2.54. The number of halogens is 2. The second kappa shape index (κ2) is 5.75. The number of ether oxygens (including phenoxy) is 1. The van der Waals surface area contributed by atoms with Crippen molar-refractivity contribution in [2.75, 3.05) is 0 Å². The highest BCUT2D eigenvalue weighted by atomic mass is 35.5. The SMILES string of the molecule is OC1CC(Oc2ccc(Cl)cc2Cl)C12CCCCCC2. The second-order valence-corrected chi connectivity index (χ2v) is 6.92. The molecule has 0 radical (unpaired) electrons. The van der Waals surface area contributed by atoms with E-state index in [2.05, 4.69) is 0 Å². The highest BCUT2D eigenvalue weighted by Crippen LogP contribution is 2.52. The lowest BCUT2D eigenvalue weighted by molar-refractivity contribution is -0.163. The smallest absolute Gasteiger partial charge is 0.138 e. The van der Waals surface area contributed by atoms with Crippen molar-refractivity contribution in [1.29, 1.82) is 0 Å². The van der Waals surface area contributed by atoms with Crippen LogP contribution in [0.15, 0.2) is 18.2 Å². The Kier molecular flexibility index (Phi) is 4.16. The lowest BCUT2D eigenvalue weighted by atomic mass is 9.59. The van der Waals surface area contributed by atoms with Gasteiger partial charge in [-0.25, -0.2) is 0 Å². The molecule has 2 nitrogen and oxygen atoms in total. The molecule has 0 aromatic heterocycles. The van der Waals surface area contributed by atoms with Gasteiger partial charge in [-0.05, 0) is 31.0 Å². The first-order valence-electron chi connectivity index (χ1n) is 7.41. The third-order valence-corrected chi connectivity index (χ3v) is 5.47. The van der Waals surface area contributed by atoms with Crippen LogP contribution in [0.4, 0.5) is 0 Å².